The summed E-state index contributed by atoms with van der Waals surface area (Å²) in [7, 11) is 1.40. The van der Waals surface area contributed by atoms with E-state index >= 15 is 0 Å². The number of ether oxygens (including phenoxy) is 1. The van der Waals surface area contributed by atoms with Crippen LogP contribution < -0.4 is 4.90 Å². The summed E-state index contributed by atoms with van der Waals surface area (Å²) in [6.45, 7) is 6.89. The van der Waals surface area contributed by atoms with E-state index in [1.54, 1.807) is 11.3 Å². The molecule has 3 rings (SSSR count). The second-order valence-electron chi connectivity index (χ2n) is 6.00. The number of rotatable bonds is 4. The second kappa shape index (κ2) is 7.77. The van der Waals surface area contributed by atoms with Gasteiger partial charge in [0.1, 0.15) is 0 Å². The molecule has 0 bridgehead atoms. The maximum Gasteiger partial charge on any atom is 0.357 e. The Morgan fingerprint density at radius 1 is 1.21 bits per heavy atom. The van der Waals surface area contributed by atoms with Gasteiger partial charge in [-0.2, -0.15) is 0 Å². The summed E-state index contributed by atoms with van der Waals surface area (Å²) < 4.78 is 4.80. The van der Waals surface area contributed by atoms with Crippen molar-refractivity contribution in [2.75, 3.05) is 38.2 Å². The molecule has 0 amide bonds. The van der Waals surface area contributed by atoms with Gasteiger partial charge in [-0.15, -0.1) is 11.3 Å². The van der Waals surface area contributed by atoms with Gasteiger partial charge in [0.05, 0.1) is 7.11 Å². The molecule has 0 atom stereocenters. The lowest BCUT2D eigenvalue weighted by atomic mass is 10.2. The van der Waals surface area contributed by atoms with Crippen molar-refractivity contribution in [3.8, 4) is 0 Å². The Morgan fingerprint density at radius 3 is 2.75 bits per heavy atom. The van der Waals surface area contributed by atoms with Crippen molar-refractivity contribution in [3.05, 3.63) is 46.5 Å². The van der Waals surface area contributed by atoms with Gasteiger partial charge in [0.2, 0.25) is 0 Å². The van der Waals surface area contributed by atoms with Crippen LogP contribution in [0.25, 0.3) is 0 Å². The molecule has 5 nitrogen and oxygen atoms in total. The maximum atomic E-state index is 11.7. The van der Waals surface area contributed by atoms with Crippen LogP contribution in [0.3, 0.4) is 0 Å². The monoisotopic (exact) mass is 345 g/mol. The van der Waals surface area contributed by atoms with Crippen LogP contribution in [0.15, 0.2) is 30.3 Å². The molecule has 6 heteroatoms. The van der Waals surface area contributed by atoms with Crippen molar-refractivity contribution in [2.45, 2.75) is 19.9 Å². The quantitative estimate of drug-likeness (QED) is 0.797. The molecule has 0 saturated carbocycles. The number of nitrogens with zero attached hydrogens (tertiary/aromatic N) is 3. The molecule has 2 heterocycles. The van der Waals surface area contributed by atoms with Crippen molar-refractivity contribution < 1.29 is 9.53 Å². The highest BCUT2D eigenvalue weighted by Gasteiger charge is 2.21. The first-order chi connectivity index (χ1) is 11.7. The van der Waals surface area contributed by atoms with Gasteiger partial charge in [0, 0.05) is 37.6 Å². The van der Waals surface area contributed by atoms with Crippen molar-refractivity contribution in [3.63, 3.8) is 0 Å². The van der Waals surface area contributed by atoms with E-state index in [9.17, 15) is 4.79 Å². The Balaban J connectivity index is 1.64. The molecule has 24 heavy (non-hydrogen) atoms. The van der Waals surface area contributed by atoms with Gasteiger partial charge < -0.3 is 9.64 Å². The molecule has 0 aliphatic carbocycles. The number of aryl methyl sites for hydroxylation is 1. The standard InChI is InChI=1S/C18H23N3O2S/c1-14-16(17(22)23-2)19-18(24-14)21-10-6-9-20(11-12-21)13-15-7-4-3-5-8-15/h3-5,7-8H,6,9-13H2,1-2H3. The Bertz CT molecular complexity index is 687. The molecule has 128 valence electrons. The van der Waals surface area contributed by atoms with E-state index in [0.29, 0.717) is 5.69 Å². The highest BCUT2D eigenvalue weighted by molar-refractivity contribution is 7.15. The number of benzene rings is 1. The molecule has 1 aromatic heterocycles. The molecular formula is C18H23N3O2S. The number of aromatic nitrogens is 1. The lowest BCUT2D eigenvalue weighted by Gasteiger charge is -2.21. The molecular weight excluding hydrogens is 322 g/mol. The maximum absolute atomic E-state index is 11.7. The Morgan fingerprint density at radius 2 is 2.00 bits per heavy atom. The van der Waals surface area contributed by atoms with Gasteiger partial charge >= 0.3 is 5.97 Å². The van der Waals surface area contributed by atoms with E-state index in [4.69, 9.17) is 4.74 Å². The number of hydrogen-bond donors (Lipinski definition) is 0. The average molecular weight is 345 g/mol. The third-order valence-electron chi connectivity index (χ3n) is 4.27. The summed E-state index contributed by atoms with van der Waals surface area (Å²) in [6.07, 6.45) is 1.10. The number of esters is 1. The zero-order valence-electron chi connectivity index (χ0n) is 14.2. The zero-order chi connectivity index (χ0) is 16.9. The molecule has 0 spiro atoms. The molecule has 1 aliphatic heterocycles. The first-order valence-electron chi connectivity index (χ1n) is 8.24. The summed E-state index contributed by atoms with van der Waals surface area (Å²) in [5, 5.41) is 0.925. The molecule has 2 aromatic rings. The summed E-state index contributed by atoms with van der Waals surface area (Å²) in [5.41, 5.74) is 1.80. The van der Waals surface area contributed by atoms with Gasteiger partial charge in [-0.05, 0) is 18.9 Å². The van der Waals surface area contributed by atoms with Crippen LogP contribution in [0.4, 0.5) is 5.13 Å². The molecule has 1 saturated heterocycles. The largest absolute Gasteiger partial charge is 0.464 e. The van der Waals surface area contributed by atoms with Crippen LogP contribution in [0.2, 0.25) is 0 Å². The minimum atomic E-state index is -0.351. The summed E-state index contributed by atoms with van der Waals surface area (Å²) >= 11 is 1.57. The molecule has 1 aliphatic rings. The fourth-order valence-corrected chi connectivity index (χ4v) is 3.91. The van der Waals surface area contributed by atoms with Crippen molar-refractivity contribution in [1.29, 1.82) is 0 Å². The SMILES string of the molecule is COC(=O)c1nc(N2CCCN(Cc3ccccc3)CC2)sc1C. The van der Waals surface area contributed by atoms with Gasteiger partial charge in [0.25, 0.3) is 0 Å². The van der Waals surface area contributed by atoms with Gasteiger partial charge in [0.15, 0.2) is 10.8 Å². The van der Waals surface area contributed by atoms with Crippen LogP contribution in [0, 0.1) is 6.92 Å². The zero-order valence-corrected chi connectivity index (χ0v) is 15.0. The summed E-state index contributed by atoms with van der Waals surface area (Å²) in [6, 6.07) is 10.6. The first kappa shape index (κ1) is 16.9. The molecule has 0 unspecified atom stereocenters. The van der Waals surface area contributed by atoms with Crippen LogP contribution >= 0.6 is 11.3 Å². The van der Waals surface area contributed by atoms with E-state index in [-0.39, 0.29) is 5.97 Å². The summed E-state index contributed by atoms with van der Waals surface area (Å²) in [5.74, 6) is -0.351. The molecule has 1 fully saturated rings. The normalized spacial score (nSPS) is 16.0. The smallest absolute Gasteiger partial charge is 0.357 e. The van der Waals surface area contributed by atoms with Crippen molar-refractivity contribution in [2.24, 2.45) is 0 Å². The number of carbonyl (C=O) groups is 1. The van der Waals surface area contributed by atoms with Crippen LogP contribution in [-0.4, -0.2) is 49.1 Å². The Kier molecular flexibility index (Phi) is 5.48. The predicted molar refractivity (Wildman–Crippen MR) is 96.7 cm³/mol. The van der Waals surface area contributed by atoms with Crippen molar-refractivity contribution >= 4 is 22.4 Å². The van der Waals surface area contributed by atoms with Crippen molar-refractivity contribution in [1.82, 2.24) is 9.88 Å². The fourth-order valence-electron chi connectivity index (χ4n) is 2.97. The average Bonchev–Trinajstić information content (AvgIpc) is 2.84. The first-order valence-corrected chi connectivity index (χ1v) is 9.06. The Labute approximate surface area is 146 Å². The number of thiazole rings is 1. The number of hydrogen-bond acceptors (Lipinski definition) is 6. The highest BCUT2D eigenvalue weighted by atomic mass is 32.1. The topological polar surface area (TPSA) is 45.7 Å². The molecule has 0 N–H and O–H groups in total. The molecule has 0 radical (unpaired) electrons. The Hall–Kier alpha value is -1.92. The number of carbonyl (C=O) groups excluding carboxylic acids is 1. The predicted octanol–water partition coefficient (Wildman–Crippen LogP) is 2.95. The summed E-state index contributed by atoms with van der Waals surface area (Å²) in [4.78, 5) is 21.9. The fraction of sp³-hybridized carbons (Fsp3) is 0.444. The van der Waals surface area contributed by atoms with Gasteiger partial charge in [-0.1, -0.05) is 30.3 Å². The minimum Gasteiger partial charge on any atom is -0.464 e. The van der Waals surface area contributed by atoms with Crippen LogP contribution in [0.5, 0.6) is 0 Å². The van der Waals surface area contributed by atoms with Gasteiger partial charge in [-0.3, -0.25) is 4.90 Å². The van der Waals surface area contributed by atoms with Crippen LogP contribution in [-0.2, 0) is 11.3 Å². The number of methoxy groups -OCH3 is 1. The van der Waals surface area contributed by atoms with Crippen LogP contribution in [0.1, 0.15) is 27.3 Å². The van der Waals surface area contributed by atoms with E-state index in [1.807, 2.05) is 6.92 Å². The van der Waals surface area contributed by atoms with E-state index in [0.717, 1.165) is 49.2 Å². The van der Waals surface area contributed by atoms with Gasteiger partial charge in [-0.25, -0.2) is 9.78 Å². The number of anilines is 1. The lowest BCUT2D eigenvalue weighted by Crippen LogP contribution is -2.30. The third kappa shape index (κ3) is 3.94. The highest BCUT2D eigenvalue weighted by Crippen LogP contribution is 2.27. The van der Waals surface area contributed by atoms with E-state index in [1.165, 1.54) is 12.7 Å². The second-order valence-corrected chi connectivity index (χ2v) is 7.18. The lowest BCUT2D eigenvalue weighted by molar-refractivity contribution is 0.0594. The van der Waals surface area contributed by atoms with E-state index in [2.05, 4.69) is 45.1 Å². The third-order valence-corrected chi connectivity index (χ3v) is 5.30. The van der Waals surface area contributed by atoms with E-state index < -0.39 is 0 Å². The molecule has 1 aromatic carbocycles. The minimum absolute atomic E-state index is 0.351.